The normalized spacial score (nSPS) is 10.2. The summed E-state index contributed by atoms with van der Waals surface area (Å²) in [6.45, 7) is 0. The lowest BCUT2D eigenvalue weighted by molar-refractivity contribution is 0.0598. The van der Waals surface area contributed by atoms with E-state index in [9.17, 15) is 9.18 Å². The molecule has 0 saturated carbocycles. The minimum atomic E-state index is -0.623. The van der Waals surface area contributed by atoms with Gasteiger partial charge in [0.25, 0.3) is 0 Å². The van der Waals surface area contributed by atoms with Crippen LogP contribution < -0.4 is 10.5 Å². The van der Waals surface area contributed by atoms with Gasteiger partial charge in [-0.1, -0.05) is 0 Å². The molecule has 20 heavy (non-hydrogen) atoms. The number of anilines is 1. The number of nitrogens with zero attached hydrogens (tertiary/aromatic N) is 1. The van der Waals surface area contributed by atoms with E-state index >= 15 is 0 Å². The van der Waals surface area contributed by atoms with E-state index in [1.54, 1.807) is 6.07 Å². The van der Waals surface area contributed by atoms with Crippen LogP contribution in [0.5, 0.6) is 11.5 Å². The molecule has 104 valence electrons. The van der Waals surface area contributed by atoms with Crippen LogP contribution in [0.25, 0.3) is 0 Å². The van der Waals surface area contributed by atoms with Crippen LogP contribution in [0.4, 0.5) is 10.2 Å². The topological polar surface area (TPSA) is 74.4 Å². The van der Waals surface area contributed by atoms with Crippen LogP contribution >= 0.6 is 15.9 Å². The first-order valence-electron chi connectivity index (χ1n) is 5.48. The maximum absolute atomic E-state index is 13.3. The summed E-state index contributed by atoms with van der Waals surface area (Å²) in [7, 11) is 1.23. The van der Waals surface area contributed by atoms with Gasteiger partial charge in [-0.25, -0.2) is 14.2 Å². The second-order valence-corrected chi connectivity index (χ2v) is 4.63. The Morgan fingerprint density at radius 1 is 1.40 bits per heavy atom. The van der Waals surface area contributed by atoms with E-state index in [-0.39, 0.29) is 11.3 Å². The zero-order valence-corrected chi connectivity index (χ0v) is 12.0. The molecule has 0 aliphatic rings. The second-order valence-electron chi connectivity index (χ2n) is 3.77. The molecule has 0 atom stereocenters. The molecule has 0 radical (unpaired) electrons. The molecule has 0 amide bonds. The SMILES string of the molecule is COC(=O)c1ccc(F)cc1Oc1cnc(N)c(Br)c1. The van der Waals surface area contributed by atoms with E-state index in [1.807, 2.05) is 0 Å². The van der Waals surface area contributed by atoms with Gasteiger partial charge in [0.1, 0.15) is 28.7 Å². The highest BCUT2D eigenvalue weighted by Gasteiger charge is 2.15. The number of nitrogens with two attached hydrogens (primary N) is 1. The van der Waals surface area contributed by atoms with Gasteiger partial charge < -0.3 is 15.2 Å². The third-order valence-corrected chi connectivity index (χ3v) is 3.06. The summed E-state index contributed by atoms with van der Waals surface area (Å²) in [6, 6.07) is 5.09. The Balaban J connectivity index is 2.38. The number of rotatable bonds is 3. The van der Waals surface area contributed by atoms with Gasteiger partial charge in [0.05, 0.1) is 17.8 Å². The molecule has 2 rings (SSSR count). The third-order valence-electron chi connectivity index (χ3n) is 2.42. The summed E-state index contributed by atoms with van der Waals surface area (Å²) in [5, 5.41) is 0. The quantitative estimate of drug-likeness (QED) is 0.868. The van der Waals surface area contributed by atoms with Crippen molar-refractivity contribution in [2.75, 3.05) is 12.8 Å². The molecule has 0 unspecified atom stereocenters. The fraction of sp³-hybridized carbons (Fsp3) is 0.0769. The standard InChI is InChI=1S/C13H10BrFN2O3/c1-19-13(18)9-3-2-7(15)4-11(9)20-8-5-10(14)12(16)17-6-8/h2-6H,1H3,(H2,16,17). The van der Waals surface area contributed by atoms with E-state index in [0.29, 0.717) is 16.0 Å². The van der Waals surface area contributed by atoms with Gasteiger partial charge >= 0.3 is 5.97 Å². The third kappa shape index (κ3) is 3.05. The molecule has 0 aliphatic heterocycles. The van der Waals surface area contributed by atoms with Gasteiger partial charge in [0.2, 0.25) is 0 Å². The number of methoxy groups -OCH3 is 1. The molecule has 0 aliphatic carbocycles. The van der Waals surface area contributed by atoms with Crippen molar-refractivity contribution >= 4 is 27.7 Å². The highest BCUT2D eigenvalue weighted by atomic mass is 79.9. The number of ether oxygens (including phenoxy) is 2. The first kappa shape index (κ1) is 14.3. The Labute approximate surface area is 122 Å². The number of aromatic nitrogens is 1. The molecule has 5 nitrogen and oxygen atoms in total. The molecule has 1 heterocycles. The highest BCUT2D eigenvalue weighted by molar-refractivity contribution is 9.10. The second kappa shape index (κ2) is 5.87. The number of esters is 1. The van der Waals surface area contributed by atoms with Crippen LogP contribution in [0.2, 0.25) is 0 Å². The highest BCUT2D eigenvalue weighted by Crippen LogP contribution is 2.29. The maximum Gasteiger partial charge on any atom is 0.341 e. The van der Waals surface area contributed by atoms with Crippen molar-refractivity contribution < 1.29 is 18.7 Å². The van der Waals surface area contributed by atoms with Crippen molar-refractivity contribution in [2.24, 2.45) is 0 Å². The number of carbonyl (C=O) groups is 1. The average molecular weight is 341 g/mol. The molecule has 0 fully saturated rings. The number of pyridine rings is 1. The van der Waals surface area contributed by atoms with E-state index in [2.05, 4.69) is 25.7 Å². The van der Waals surface area contributed by atoms with Crippen LogP contribution in [0.3, 0.4) is 0 Å². The Morgan fingerprint density at radius 3 is 2.80 bits per heavy atom. The number of hydrogen-bond acceptors (Lipinski definition) is 5. The van der Waals surface area contributed by atoms with Crippen LogP contribution in [-0.4, -0.2) is 18.1 Å². The zero-order valence-electron chi connectivity index (χ0n) is 10.4. The lowest BCUT2D eigenvalue weighted by atomic mass is 10.2. The van der Waals surface area contributed by atoms with Gasteiger partial charge in [-0.2, -0.15) is 0 Å². The zero-order chi connectivity index (χ0) is 14.7. The Hall–Kier alpha value is -2.15. The predicted octanol–water partition coefficient (Wildman–Crippen LogP) is 3.14. The Kier molecular flexibility index (Phi) is 4.19. The van der Waals surface area contributed by atoms with Gasteiger partial charge in [-0.3, -0.25) is 0 Å². The minimum Gasteiger partial charge on any atom is -0.465 e. The number of hydrogen-bond donors (Lipinski definition) is 1. The summed E-state index contributed by atoms with van der Waals surface area (Å²) >= 11 is 3.20. The molecule has 2 N–H and O–H groups in total. The van der Waals surface area contributed by atoms with Crippen molar-refractivity contribution in [1.82, 2.24) is 4.98 Å². The van der Waals surface area contributed by atoms with E-state index < -0.39 is 11.8 Å². The van der Waals surface area contributed by atoms with E-state index in [4.69, 9.17) is 10.5 Å². The minimum absolute atomic E-state index is 0.0373. The van der Waals surface area contributed by atoms with Crippen molar-refractivity contribution in [1.29, 1.82) is 0 Å². The average Bonchev–Trinajstić information content (AvgIpc) is 2.42. The van der Waals surface area contributed by atoms with Crippen molar-refractivity contribution in [3.63, 3.8) is 0 Å². The molecule has 7 heteroatoms. The molecule has 1 aromatic heterocycles. The summed E-state index contributed by atoms with van der Waals surface area (Å²) in [4.78, 5) is 15.5. The smallest absolute Gasteiger partial charge is 0.341 e. The number of benzene rings is 1. The van der Waals surface area contributed by atoms with E-state index in [1.165, 1.54) is 19.4 Å². The summed E-state index contributed by atoms with van der Waals surface area (Å²) < 4.78 is 23.9. The van der Waals surface area contributed by atoms with Crippen LogP contribution in [0.1, 0.15) is 10.4 Å². The van der Waals surface area contributed by atoms with Crippen LogP contribution in [0, 0.1) is 5.82 Å². The van der Waals surface area contributed by atoms with Crippen molar-refractivity contribution in [3.8, 4) is 11.5 Å². The Morgan fingerprint density at radius 2 is 2.15 bits per heavy atom. The Bertz CT molecular complexity index is 664. The lowest BCUT2D eigenvalue weighted by Gasteiger charge is -2.10. The fourth-order valence-corrected chi connectivity index (χ4v) is 1.80. The molecular weight excluding hydrogens is 331 g/mol. The fourth-order valence-electron chi connectivity index (χ4n) is 1.47. The largest absolute Gasteiger partial charge is 0.465 e. The van der Waals surface area contributed by atoms with Crippen LogP contribution in [-0.2, 0) is 4.74 Å². The number of carbonyl (C=O) groups excluding carboxylic acids is 1. The van der Waals surface area contributed by atoms with E-state index in [0.717, 1.165) is 12.1 Å². The van der Waals surface area contributed by atoms with Crippen LogP contribution in [0.15, 0.2) is 34.9 Å². The monoisotopic (exact) mass is 340 g/mol. The van der Waals surface area contributed by atoms with Gasteiger partial charge in [-0.15, -0.1) is 0 Å². The first-order valence-corrected chi connectivity index (χ1v) is 6.27. The number of nitrogen functional groups attached to an aromatic ring is 1. The summed E-state index contributed by atoms with van der Waals surface area (Å²) in [6.07, 6.45) is 1.37. The molecular formula is C13H10BrFN2O3. The van der Waals surface area contributed by atoms with Gasteiger partial charge in [0, 0.05) is 12.1 Å². The predicted molar refractivity (Wildman–Crippen MR) is 74.2 cm³/mol. The molecule has 0 saturated heterocycles. The molecule has 0 bridgehead atoms. The summed E-state index contributed by atoms with van der Waals surface area (Å²) in [5.74, 6) is -0.514. The maximum atomic E-state index is 13.3. The number of halogens is 2. The molecule has 0 spiro atoms. The van der Waals surface area contributed by atoms with Crippen molar-refractivity contribution in [3.05, 3.63) is 46.3 Å². The summed E-state index contributed by atoms with van der Waals surface area (Å²) in [5.41, 5.74) is 5.67. The van der Waals surface area contributed by atoms with Gasteiger partial charge in [0.15, 0.2) is 0 Å². The van der Waals surface area contributed by atoms with Gasteiger partial charge in [-0.05, 0) is 28.1 Å². The molecule has 2 aromatic rings. The lowest BCUT2D eigenvalue weighted by Crippen LogP contribution is -2.04. The van der Waals surface area contributed by atoms with Crippen molar-refractivity contribution in [2.45, 2.75) is 0 Å². The first-order chi connectivity index (χ1) is 9.51. The molecule has 1 aromatic carbocycles.